The van der Waals surface area contributed by atoms with Gasteiger partial charge in [-0.15, -0.1) is 0 Å². The Balaban J connectivity index is 1.79. The fourth-order valence-corrected chi connectivity index (χ4v) is 3.94. The van der Waals surface area contributed by atoms with E-state index in [-0.39, 0.29) is 5.57 Å². The van der Waals surface area contributed by atoms with E-state index in [0.29, 0.717) is 34.4 Å². The van der Waals surface area contributed by atoms with Crippen LogP contribution in [0.3, 0.4) is 0 Å². The number of nitrogens with zero attached hydrogens (tertiary/aromatic N) is 1. The first-order valence-electron chi connectivity index (χ1n) is 10.2. The van der Waals surface area contributed by atoms with Crippen LogP contribution in [0, 0.1) is 14.9 Å². The van der Waals surface area contributed by atoms with Crippen LogP contribution in [0.15, 0.2) is 66.2 Å². The molecule has 3 rings (SSSR count). The first-order chi connectivity index (χ1) is 15.9. The lowest BCUT2D eigenvalue weighted by atomic mass is 10.1. The van der Waals surface area contributed by atoms with Gasteiger partial charge in [0.25, 0.3) is 5.91 Å². The molecule has 0 saturated carbocycles. The van der Waals surface area contributed by atoms with Crippen LogP contribution >= 0.6 is 34.2 Å². The standard InChI is InChI=1S/C26H22ClIN2O3/c1-3-17-6-10-22(11-7-17)30-26(31)20(15-29)12-19-13-23(28)25(24(14-19)32-2)33-16-18-4-8-21(27)9-5-18/h4-14H,3,16H2,1-2H3,(H,30,31)/b20-12-. The molecule has 0 aliphatic carbocycles. The molecule has 0 radical (unpaired) electrons. The van der Waals surface area contributed by atoms with E-state index in [0.717, 1.165) is 15.6 Å². The van der Waals surface area contributed by atoms with Crippen molar-refractivity contribution in [3.8, 4) is 17.6 Å². The number of methoxy groups -OCH3 is 1. The molecule has 0 fully saturated rings. The highest BCUT2D eigenvalue weighted by molar-refractivity contribution is 14.1. The SMILES string of the molecule is CCc1ccc(NC(=O)/C(C#N)=C\c2cc(I)c(OCc3ccc(Cl)cc3)c(OC)c2)cc1. The van der Waals surface area contributed by atoms with Gasteiger partial charge in [0, 0.05) is 10.7 Å². The number of nitriles is 1. The number of benzene rings is 3. The largest absolute Gasteiger partial charge is 0.493 e. The number of carbonyl (C=O) groups is 1. The molecule has 33 heavy (non-hydrogen) atoms. The molecule has 1 N–H and O–H groups in total. The average Bonchev–Trinajstić information content (AvgIpc) is 2.83. The molecule has 0 bridgehead atoms. The van der Waals surface area contributed by atoms with Gasteiger partial charge in [0.05, 0.1) is 10.7 Å². The molecule has 0 spiro atoms. The van der Waals surface area contributed by atoms with Crippen LogP contribution in [-0.2, 0) is 17.8 Å². The molecule has 0 aliphatic heterocycles. The number of carbonyl (C=O) groups excluding carboxylic acids is 1. The Morgan fingerprint density at radius 1 is 1.12 bits per heavy atom. The molecule has 0 atom stereocenters. The van der Waals surface area contributed by atoms with Gasteiger partial charge in [-0.1, -0.05) is 42.8 Å². The lowest BCUT2D eigenvalue weighted by Crippen LogP contribution is -2.13. The first-order valence-corrected chi connectivity index (χ1v) is 11.7. The van der Waals surface area contributed by atoms with Crippen molar-refractivity contribution in [3.05, 3.63) is 91.5 Å². The maximum Gasteiger partial charge on any atom is 0.266 e. The number of anilines is 1. The highest BCUT2D eigenvalue weighted by Crippen LogP contribution is 2.35. The molecule has 5 nitrogen and oxygen atoms in total. The van der Waals surface area contributed by atoms with E-state index in [2.05, 4.69) is 34.8 Å². The third-order valence-electron chi connectivity index (χ3n) is 4.84. The van der Waals surface area contributed by atoms with Crippen molar-refractivity contribution >= 4 is 51.9 Å². The number of nitrogens with one attached hydrogen (secondary N) is 1. The van der Waals surface area contributed by atoms with Gasteiger partial charge < -0.3 is 14.8 Å². The molecule has 0 unspecified atom stereocenters. The van der Waals surface area contributed by atoms with Gasteiger partial charge >= 0.3 is 0 Å². The molecule has 0 aromatic heterocycles. The van der Waals surface area contributed by atoms with E-state index in [1.54, 1.807) is 13.2 Å². The van der Waals surface area contributed by atoms with Crippen LogP contribution in [0.2, 0.25) is 5.02 Å². The third kappa shape index (κ3) is 6.73. The Bertz CT molecular complexity index is 1200. The summed E-state index contributed by atoms with van der Waals surface area (Å²) in [5.41, 5.74) is 3.42. The summed E-state index contributed by atoms with van der Waals surface area (Å²) < 4.78 is 12.3. The maximum atomic E-state index is 12.6. The second-order valence-corrected chi connectivity index (χ2v) is 8.72. The summed E-state index contributed by atoms with van der Waals surface area (Å²) in [6.07, 6.45) is 2.45. The second kappa shape index (κ2) is 11.7. The molecule has 7 heteroatoms. The monoisotopic (exact) mass is 572 g/mol. The van der Waals surface area contributed by atoms with Gasteiger partial charge in [0.1, 0.15) is 18.2 Å². The summed E-state index contributed by atoms with van der Waals surface area (Å²) >= 11 is 8.08. The zero-order valence-corrected chi connectivity index (χ0v) is 21.1. The van der Waals surface area contributed by atoms with Gasteiger partial charge in [-0.25, -0.2) is 0 Å². The van der Waals surface area contributed by atoms with Crippen LogP contribution in [0.25, 0.3) is 6.08 Å². The minimum atomic E-state index is -0.473. The average molecular weight is 573 g/mol. The Labute approximate surface area is 212 Å². The van der Waals surface area contributed by atoms with Gasteiger partial charge in [-0.3, -0.25) is 4.79 Å². The summed E-state index contributed by atoms with van der Waals surface area (Å²) in [6, 6.07) is 20.5. The number of hydrogen-bond acceptors (Lipinski definition) is 4. The molecule has 0 aliphatic rings. The summed E-state index contributed by atoms with van der Waals surface area (Å²) in [5, 5.41) is 13.0. The predicted molar refractivity (Wildman–Crippen MR) is 140 cm³/mol. The van der Waals surface area contributed by atoms with E-state index in [9.17, 15) is 10.1 Å². The molecule has 3 aromatic carbocycles. The third-order valence-corrected chi connectivity index (χ3v) is 5.90. The van der Waals surface area contributed by atoms with Gasteiger partial charge in [0.15, 0.2) is 11.5 Å². The number of hydrogen-bond donors (Lipinski definition) is 1. The van der Waals surface area contributed by atoms with Crippen LogP contribution in [-0.4, -0.2) is 13.0 Å². The van der Waals surface area contributed by atoms with E-state index < -0.39 is 5.91 Å². The van der Waals surface area contributed by atoms with Crippen molar-refractivity contribution in [1.29, 1.82) is 5.26 Å². The highest BCUT2D eigenvalue weighted by Gasteiger charge is 2.14. The quantitative estimate of drug-likeness (QED) is 0.187. The molecule has 3 aromatic rings. The van der Waals surface area contributed by atoms with Gasteiger partial charge in [0.2, 0.25) is 0 Å². The molecule has 1 amide bonds. The lowest BCUT2D eigenvalue weighted by molar-refractivity contribution is -0.112. The van der Waals surface area contributed by atoms with Crippen molar-refractivity contribution in [3.63, 3.8) is 0 Å². The van der Waals surface area contributed by atoms with Crippen molar-refractivity contribution in [2.45, 2.75) is 20.0 Å². The first kappa shape index (κ1) is 24.6. The summed E-state index contributed by atoms with van der Waals surface area (Å²) in [4.78, 5) is 12.6. The minimum absolute atomic E-state index is 0.0118. The van der Waals surface area contributed by atoms with Crippen molar-refractivity contribution in [2.24, 2.45) is 0 Å². The van der Waals surface area contributed by atoms with Crippen molar-refractivity contribution in [1.82, 2.24) is 0 Å². The van der Waals surface area contributed by atoms with Crippen LogP contribution < -0.4 is 14.8 Å². The van der Waals surface area contributed by atoms with E-state index in [1.165, 1.54) is 11.6 Å². The van der Waals surface area contributed by atoms with Gasteiger partial charge in [-0.05, 0) is 88.2 Å². The predicted octanol–water partition coefficient (Wildman–Crippen LogP) is 6.64. The molecule has 0 saturated heterocycles. The highest BCUT2D eigenvalue weighted by atomic mass is 127. The van der Waals surface area contributed by atoms with Crippen molar-refractivity contribution < 1.29 is 14.3 Å². The Hall–Kier alpha value is -3.02. The molecular weight excluding hydrogens is 551 g/mol. The Morgan fingerprint density at radius 2 is 1.79 bits per heavy atom. The van der Waals surface area contributed by atoms with Crippen LogP contribution in [0.4, 0.5) is 5.69 Å². The number of halogens is 2. The Kier molecular flexibility index (Phi) is 8.75. The molecule has 0 heterocycles. The number of ether oxygens (including phenoxy) is 2. The van der Waals surface area contributed by atoms with E-state index >= 15 is 0 Å². The van der Waals surface area contributed by atoms with Gasteiger partial charge in [-0.2, -0.15) is 5.26 Å². The summed E-state index contributed by atoms with van der Waals surface area (Å²) in [7, 11) is 1.55. The maximum absolute atomic E-state index is 12.6. The van der Waals surface area contributed by atoms with E-state index in [1.807, 2.05) is 60.7 Å². The number of aryl methyl sites for hydroxylation is 1. The zero-order chi connectivity index (χ0) is 23.8. The topological polar surface area (TPSA) is 71.4 Å². The molecule has 168 valence electrons. The fraction of sp³-hybridized carbons (Fsp3) is 0.154. The smallest absolute Gasteiger partial charge is 0.266 e. The minimum Gasteiger partial charge on any atom is -0.493 e. The summed E-state index contributed by atoms with van der Waals surface area (Å²) in [5.74, 6) is 0.623. The fourth-order valence-electron chi connectivity index (χ4n) is 3.04. The normalized spacial score (nSPS) is 10.9. The van der Waals surface area contributed by atoms with Crippen molar-refractivity contribution in [2.75, 3.05) is 12.4 Å². The Morgan fingerprint density at radius 3 is 2.39 bits per heavy atom. The van der Waals surface area contributed by atoms with Crippen LogP contribution in [0.5, 0.6) is 11.5 Å². The molecular formula is C26H22ClIN2O3. The van der Waals surface area contributed by atoms with E-state index in [4.69, 9.17) is 21.1 Å². The second-order valence-electron chi connectivity index (χ2n) is 7.12. The number of amides is 1. The number of rotatable bonds is 8. The lowest BCUT2D eigenvalue weighted by Gasteiger charge is -2.14. The van der Waals surface area contributed by atoms with Crippen LogP contribution in [0.1, 0.15) is 23.6 Å². The zero-order valence-electron chi connectivity index (χ0n) is 18.2. The summed E-state index contributed by atoms with van der Waals surface area (Å²) in [6.45, 7) is 2.41.